The van der Waals surface area contributed by atoms with Crippen LogP contribution in [0, 0.1) is 6.92 Å². The van der Waals surface area contributed by atoms with E-state index >= 15 is 0 Å². The third kappa shape index (κ3) is 7.99. The number of carbonyl (C=O) groups is 2. The Morgan fingerprint density at radius 2 is 1.83 bits per heavy atom. The molecule has 6 nitrogen and oxygen atoms in total. The second-order valence-corrected chi connectivity index (χ2v) is 6.19. The number of benzene rings is 1. The van der Waals surface area contributed by atoms with Crippen molar-refractivity contribution >= 4 is 27.9 Å². The number of rotatable bonds is 5. The van der Waals surface area contributed by atoms with E-state index in [9.17, 15) is 0 Å². The zero-order valence-electron chi connectivity index (χ0n) is 13.1. The zero-order valence-corrected chi connectivity index (χ0v) is 14.7. The second kappa shape index (κ2) is 10.2. The van der Waals surface area contributed by atoms with Crippen LogP contribution in [0.5, 0.6) is 5.75 Å². The van der Waals surface area contributed by atoms with Gasteiger partial charge in [0.1, 0.15) is 5.75 Å². The summed E-state index contributed by atoms with van der Waals surface area (Å²) in [6, 6.07) is 6.16. The van der Waals surface area contributed by atoms with Crippen molar-refractivity contribution in [1.29, 1.82) is 0 Å². The maximum absolute atomic E-state index is 9.10. The number of carboxylic acid groups (broad SMARTS) is 2. The largest absolute Gasteiger partial charge is 0.493 e. The van der Waals surface area contributed by atoms with Gasteiger partial charge < -0.3 is 19.8 Å². The van der Waals surface area contributed by atoms with Crippen molar-refractivity contribution in [3.05, 3.63) is 28.2 Å². The van der Waals surface area contributed by atoms with Gasteiger partial charge >= 0.3 is 11.9 Å². The average Bonchev–Trinajstić information content (AvgIpc) is 2.99. The van der Waals surface area contributed by atoms with E-state index in [1.807, 2.05) is 12.1 Å². The Kier molecular flexibility index (Phi) is 8.65. The number of nitrogens with zero attached hydrogens (tertiary/aromatic N) is 1. The van der Waals surface area contributed by atoms with Gasteiger partial charge in [0, 0.05) is 11.0 Å². The summed E-state index contributed by atoms with van der Waals surface area (Å²) in [5, 5.41) is 14.8. The topological polar surface area (TPSA) is 87.1 Å². The minimum absolute atomic E-state index is 0.818. The van der Waals surface area contributed by atoms with E-state index in [1.165, 1.54) is 38.0 Å². The SMILES string of the molecule is Cc1cc(Br)ccc1OCCCN1CCCC1.O=C(O)C(=O)O. The third-order valence-corrected chi connectivity index (χ3v) is 3.89. The molecule has 1 fully saturated rings. The summed E-state index contributed by atoms with van der Waals surface area (Å²) in [5.74, 6) is -2.64. The lowest BCUT2D eigenvalue weighted by molar-refractivity contribution is -0.159. The Labute approximate surface area is 144 Å². The molecule has 1 heterocycles. The smallest absolute Gasteiger partial charge is 0.414 e. The number of hydrogen-bond donors (Lipinski definition) is 2. The van der Waals surface area contributed by atoms with Crippen molar-refractivity contribution in [2.75, 3.05) is 26.2 Å². The molecule has 23 heavy (non-hydrogen) atoms. The van der Waals surface area contributed by atoms with Crippen LogP contribution in [0.3, 0.4) is 0 Å². The first kappa shape index (κ1) is 19.4. The van der Waals surface area contributed by atoms with E-state index in [-0.39, 0.29) is 0 Å². The Bertz CT molecular complexity index is 517. The predicted molar refractivity (Wildman–Crippen MR) is 89.9 cm³/mol. The molecule has 0 bridgehead atoms. The molecule has 0 aliphatic carbocycles. The zero-order chi connectivity index (χ0) is 17.2. The molecular formula is C16H22BrNO5. The fourth-order valence-corrected chi connectivity index (χ4v) is 2.73. The van der Waals surface area contributed by atoms with Gasteiger partial charge in [-0.1, -0.05) is 15.9 Å². The first-order chi connectivity index (χ1) is 10.9. The van der Waals surface area contributed by atoms with Crippen LogP contribution in [0.15, 0.2) is 22.7 Å². The Hall–Kier alpha value is -1.60. The van der Waals surface area contributed by atoms with Crippen molar-refractivity contribution in [2.45, 2.75) is 26.2 Å². The van der Waals surface area contributed by atoms with E-state index in [4.69, 9.17) is 24.5 Å². The van der Waals surface area contributed by atoms with Crippen LogP contribution in [-0.2, 0) is 9.59 Å². The van der Waals surface area contributed by atoms with Crippen molar-refractivity contribution in [3.8, 4) is 5.75 Å². The molecular weight excluding hydrogens is 366 g/mol. The lowest BCUT2D eigenvalue weighted by atomic mass is 10.2. The lowest BCUT2D eigenvalue weighted by Gasteiger charge is -2.15. The molecule has 1 aliphatic heterocycles. The predicted octanol–water partition coefficient (Wildman–Crippen LogP) is 2.78. The van der Waals surface area contributed by atoms with Crippen LogP contribution in [0.2, 0.25) is 0 Å². The van der Waals surface area contributed by atoms with Gasteiger partial charge in [-0.2, -0.15) is 0 Å². The minimum Gasteiger partial charge on any atom is -0.493 e. The number of hydrogen-bond acceptors (Lipinski definition) is 4. The summed E-state index contributed by atoms with van der Waals surface area (Å²) >= 11 is 3.46. The summed E-state index contributed by atoms with van der Waals surface area (Å²) < 4.78 is 6.91. The summed E-state index contributed by atoms with van der Waals surface area (Å²) in [5.41, 5.74) is 1.19. The van der Waals surface area contributed by atoms with E-state index in [0.29, 0.717) is 0 Å². The average molecular weight is 388 g/mol. The monoisotopic (exact) mass is 387 g/mol. The van der Waals surface area contributed by atoms with Crippen LogP contribution in [0.1, 0.15) is 24.8 Å². The van der Waals surface area contributed by atoms with Gasteiger partial charge in [0.15, 0.2) is 0 Å². The molecule has 1 aliphatic rings. The first-order valence-electron chi connectivity index (χ1n) is 7.47. The molecule has 7 heteroatoms. The maximum Gasteiger partial charge on any atom is 0.414 e. The number of aliphatic carboxylic acids is 2. The first-order valence-corrected chi connectivity index (χ1v) is 8.27. The third-order valence-electron chi connectivity index (χ3n) is 3.39. The van der Waals surface area contributed by atoms with Crippen LogP contribution >= 0.6 is 15.9 Å². The van der Waals surface area contributed by atoms with Crippen molar-refractivity contribution in [2.24, 2.45) is 0 Å². The molecule has 1 aromatic rings. The molecule has 128 valence electrons. The molecule has 0 unspecified atom stereocenters. The molecule has 0 spiro atoms. The van der Waals surface area contributed by atoms with Crippen molar-refractivity contribution in [3.63, 3.8) is 0 Å². The second-order valence-electron chi connectivity index (χ2n) is 5.27. The summed E-state index contributed by atoms with van der Waals surface area (Å²) in [7, 11) is 0. The molecule has 2 rings (SSSR count). The number of aryl methyl sites for hydroxylation is 1. The van der Waals surface area contributed by atoms with Gasteiger partial charge in [0.2, 0.25) is 0 Å². The van der Waals surface area contributed by atoms with Crippen LogP contribution in [-0.4, -0.2) is 53.3 Å². The van der Waals surface area contributed by atoms with E-state index in [2.05, 4.69) is 33.8 Å². The fraction of sp³-hybridized carbons (Fsp3) is 0.500. The van der Waals surface area contributed by atoms with Crippen LogP contribution in [0.25, 0.3) is 0 Å². The van der Waals surface area contributed by atoms with Crippen LogP contribution in [0.4, 0.5) is 0 Å². The molecule has 0 radical (unpaired) electrons. The standard InChI is InChI=1S/C14H20BrNO.C2H2O4/c1-12-11-13(15)5-6-14(12)17-10-4-9-16-7-2-3-8-16;3-1(4)2(5)6/h5-6,11H,2-4,7-10H2,1H3;(H,3,4)(H,5,6). The van der Waals surface area contributed by atoms with Gasteiger partial charge in [0.25, 0.3) is 0 Å². The quantitative estimate of drug-likeness (QED) is 0.596. The van der Waals surface area contributed by atoms with Gasteiger partial charge in [-0.05, 0) is 63.0 Å². The highest BCUT2D eigenvalue weighted by Crippen LogP contribution is 2.22. The molecule has 0 amide bonds. The van der Waals surface area contributed by atoms with E-state index in [0.717, 1.165) is 23.2 Å². The molecule has 1 saturated heterocycles. The number of ether oxygens (including phenoxy) is 1. The maximum atomic E-state index is 9.10. The molecule has 0 saturated carbocycles. The molecule has 0 aromatic heterocycles. The van der Waals surface area contributed by atoms with Gasteiger partial charge in [-0.3, -0.25) is 0 Å². The summed E-state index contributed by atoms with van der Waals surface area (Å²) in [6.45, 7) is 6.63. The lowest BCUT2D eigenvalue weighted by Crippen LogP contribution is -2.21. The normalized spacial score (nSPS) is 14.0. The molecule has 2 N–H and O–H groups in total. The fourth-order valence-electron chi connectivity index (χ4n) is 2.25. The van der Waals surface area contributed by atoms with Gasteiger partial charge in [-0.25, -0.2) is 9.59 Å². The van der Waals surface area contributed by atoms with E-state index in [1.54, 1.807) is 0 Å². The van der Waals surface area contributed by atoms with Crippen molar-refractivity contribution < 1.29 is 24.5 Å². The summed E-state index contributed by atoms with van der Waals surface area (Å²) in [4.78, 5) is 20.7. The Balaban J connectivity index is 0.000000379. The van der Waals surface area contributed by atoms with Gasteiger partial charge in [0.05, 0.1) is 6.61 Å². The number of halogens is 1. The highest BCUT2D eigenvalue weighted by molar-refractivity contribution is 9.10. The van der Waals surface area contributed by atoms with Crippen LogP contribution < -0.4 is 4.74 Å². The Morgan fingerprint density at radius 1 is 1.22 bits per heavy atom. The van der Waals surface area contributed by atoms with Crippen molar-refractivity contribution in [1.82, 2.24) is 4.90 Å². The highest BCUT2D eigenvalue weighted by atomic mass is 79.9. The number of likely N-dealkylation sites (tertiary alicyclic amines) is 1. The van der Waals surface area contributed by atoms with Gasteiger partial charge in [-0.15, -0.1) is 0 Å². The highest BCUT2D eigenvalue weighted by Gasteiger charge is 2.10. The minimum atomic E-state index is -1.82. The van der Waals surface area contributed by atoms with E-state index < -0.39 is 11.9 Å². The summed E-state index contributed by atoms with van der Waals surface area (Å²) in [6.07, 6.45) is 3.86. The Morgan fingerprint density at radius 3 is 2.35 bits per heavy atom. The molecule has 1 aromatic carbocycles. The number of carboxylic acids is 2. The molecule has 0 atom stereocenters.